The minimum absolute atomic E-state index is 0.0541. The van der Waals surface area contributed by atoms with Crippen LogP contribution in [0.4, 0.5) is 11.4 Å². The Bertz CT molecular complexity index is 1720. The molecule has 0 aliphatic carbocycles. The SMILES string of the molecule is CC[C@@]1(O)C(=O)OCc2c1cc1n(c2=O)Cc2cc3cc([N+](=O)[O-])cc(NCCCc4ccccc4)c3nc2-1. The smallest absolute Gasteiger partial charge is 0.343 e. The van der Waals surface area contributed by atoms with Crippen molar-refractivity contribution in [2.24, 2.45) is 0 Å². The molecule has 10 heteroatoms. The van der Waals surface area contributed by atoms with Gasteiger partial charge in [-0.25, -0.2) is 9.78 Å². The number of aliphatic hydroxyl groups is 1. The van der Waals surface area contributed by atoms with E-state index in [4.69, 9.17) is 9.72 Å². The number of aromatic nitrogens is 2. The molecule has 4 aromatic rings. The molecule has 6 rings (SSSR count). The maximum atomic E-state index is 13.4. The van der Waals surface area contributed by atoms with Crippen molar-refractivity contribution < 1.29 is 19.6 Å². The number of cyclic esters (lactones) is 1. The quantitative estimate of drug-likeness (QED) is 0.140. The third-order valence-electron chi connectivity index (χ3n) is 7.61. The molecule has 0 amide bonds. The molecule has 0 unspecified atom stereocenters. The molecule has 0 bridgehead atoms. The third-order valence-corrected chi connectivity index (χ3v) is 7.61. The van der Waals surface area contributed by atoms with Crippen LogP contribution >= 0.6 is 0 Å². The topological polar surface area (TPSA) is 137 Å². The predicted molar refractivity (Wildman–Crippen MR) is 144 cm³/mol. The molecule has 2 N–H and O–H groups in total. The highest BCUT2D eigenvalue weighted by atomic mass is 16.6. The summed E-state index contributed by atoms with van der Waals surface area (Å²) in [5, 5.41) is 26.7. The highest BCUT2D eigenvalue weighted by molar-refractivity contribution is 5.95. The minimum atomic E-state index is -1.91. The van der Waals surface area contributed by atoms with Gasteiger partial charge in [0.25, 0.3) is 11.2 Å². The Morgan fingerprint density at radius 1 is 1.18 bits per heavy atom. The number of nitrogens with zero attached hydrogens (tertiary/aromatic N) is 3. The van der Waals surface area contributed by atoms with Gasteiger partial charge in [-0.1, -0.05) is 37.3 Å². The van der Waals surface area contributed by atoms with Gasteiger partial charge in [0.2, 0.25) is 0 Å². The van der Waals surface area contributed by atoms with E-state index in [0.29, 0.717) is 34.5 Å². The van der Waals surface area contributed by atoms with Crippen molar-refractivity contribution in [1.82, 2.24) is 9.55 Å². The van der Waals surface area contributed by atoms with Gasteiger partial charge in [0.15, 0.2) is 5.60 Å². The average molecular weight is 527 g/mol. The lowest BCUT2D eigenvalue weighted by Crippen LogP contribution is -2.44. The lowest BCUT2D eigenvalue weighted by Gasteiger charge is -2.31. The number of hydrogen-bond donors (Lipinski definition) is 2. The second kappa shape index (κ2) is 9.32. The van der Waals surface area contributed by atoms with Crippen molar-refractivity contribution >= 4 is 28.2 Å². The summed E-state index contributed by atoms with van der Waals surface area (Å²) in [6.07, 6.45) is 1.73. The number of nitrogens with one attached hydrogen (secondary N) is 1. The van der Waals surface area contributed by atoms with E-state index in [2.05, 4.69) is 17.4 Å². The Morgan fingerprint density at radius 2 is 1.97 bits per heavy atom. The van der Waals surface area contributed by atoms with Gasteiger partial charge < -0.3 is 19.7 Å². The highest BCUT2D eigenvalue weighted by Crippen LogP contribution is 2.40. The molecule has 0 saturated heterocycles. The first kappa shape index (κ1) is 24.7. The number of ether oxygens (including phenoxy) is 1. The minimum Gasteiger partial charge on any atom is -0.458 e. The maximum absolute atomic E-state index is 13.4. The van der Waals surface area contributed by atoms with Crippen LogP contribution in [0.15, 0.2) is 59.4 Å². The summed E-state index contributed by atoms with van der Waals surface area (Å²) in [6, 6.07) is 16.5. The molecule has 0 spiro atoms. The molecule has 10 nitrogen and oxygen atoms in total. The van der Waals surface area contributed by atoms with Crippen LogP contribution in [0.1, 0.15) is 42.0 Å². The molecular formula is C29H26N4O6. The average Bonchev–Trinajstić information content (AvgIpc) is 3.30. The van der Waals surface area contributed by atoms with E-state index in [1.807, 2.05) is 24.3 Å². The largest absolute Gasteiger partial charge is 0.458 e. The summed E-state index contributed by atoms with van der Waals surface area (Å²) in [4.78, 5) is 42.0. The molecule has 0 fully saturated rings. The Labute approximate surface area is 223 Å². The summed E-state index contributed by atoms with van der Waals surface area (Å²) in [6.45, 7) is 2.26. The lowest BCUT2D eigenvalue weighted by atomic mass is 9.86. The highest BCUT2D eigenvalue weighted by Gasteiger charge is 2.45. The van der Waals surface area contributed by atoms with E-state index in [0.717, 1.165) is 18.4 Å². The van der Waals surface area contributed by atoms with Gasteiger partial charge in [-0.05, 0) is 37.0 Å². The first-order valence-corrected chi connectivity index (χ1v) is 12.9. The molecule has 4 heterocycles. The van der Waals surface area contributed by atoms with Crippen LogP contribution < -0.4 is 10.9 Å². The Hall–Kier alpha value is -4.57. The molecule has 198 valence electrons. The summed E-state index contributed by atoms with van der Waals surface area (Å²) >= 11 is 0. The lowest BCUT2D eigenvalue weighted by molar-refractivity contribution is -0.384. The molecule has 2 aromatic carbocycles. The van der Waals surface area contributed by atoms with Crippen molar-refractivity contribution in [2.45, 2.75) is 44.9 Å². The predicted octanol–water partition coefficient (Wildman–Crippen LogP) is 4.03. The van der Waals surface area contributed by atoms with Crippen molar-refractivity contribution in [3.05, 3.63) is 97.3 Å². The van der Waals surface area contributed by atoms with Gasteiger partial charge in [0.05, 0.1) is 39.6 Å². The van der Waals surface area contributed by atoms with Gasteiger partial charge >= 0.3 is 5.97 Å². The number of carbonyl (C=O) groups is 1. The number of rotatable bonds is 7. The van der Waals surface area contributed by atoms with Crippen molar-refractivity contribution in [1.29, 1.82) is 0 Å². The number of aryl methyl sites for hydroxylation is 1. The van der Waals surface area contributed by atoms with Gasteiger partial charge in [0, 0.05) is 35.2 Å². The number of hydrogen-bond acceptors (Lipinski definition) is 8. The van der Waals surface area contributed by atoms with Crippen LogP contribution in [0.3, 0.4) is 0 Å². The Balaban J connectivity index is 1.42. The Morgan fingerprint density at radius 3 is 2.72 bits per heavy atom. The number of carbonyl (C=O) groups excluding carboxylic acids is 1. The normalized spacial score (nSPS) is 17.3. The summed E-state index contributed by atoms with van der Waals surface area (Å²) < 4.78 is 6.68. The van der Waals surface area contributed by atoms with E-state index >= 15 is 0 Å². The number of pyridine rings is 2. The van der Waals surface area contributed by atoms with Crippen LogP contribution in [-0.4, -0.2) is 32.1 Å². The van der Waals surface area contributed by atoms with Crippen LogP contribution in [0.25, 0.3) is 22.3 Å². The van der Waals surface area contributed by atoms with Gasteiger partial charge in [-0.15, -0.1) is 0 Å². The third kappa shape index (κ3) is 4.04. The summed E-state index contributed by atoms with van der Waals surface area (Å²) in [5.41, 5.74) is 2.22. The zero-order chi connectivity index (χ0) is 27.3. The fraction of sp³-hybridized carbons (Fsp3) is 0.276. The number of nitro benzene ring substituents is 1. The second-order valence-electron chi connectivity index (χ2n) is 9.94. The maximum Gasteiger partial charge on any atom is 0.343 e. The first-order valence-electron chi connectivity index (χ1n) is 12.9. The molecule has 0 radical (unpaired) electrons. The molecule has 0 saturated carbocycles. The van der Waals surface area contributed by atoms with Crippen LogP contribution in [0.2, 0.25) is 0 Å². The molecule has 1 atom stereocenters. The summed E-state index contributed by atoms with van der Waals surface area (Å²) in [7, 11) is 0. The monoisotopic (exact) mass is 526 g/mol. The number of nitro groups is 1. The fourth-order valence-corrected chi connectivity index (χ4v) is 5.48. The van der Waals surface area contributed by atoms with Crippen molar-refractivity contribution in [2.75, 3.05) is 11.9 Å². The Kier molecular flexibility index (Phi) is 5.91. The van der Waals surface area contributed by atoms with E-state index < -0.39 is 16.5 Å². The van der Waals surface area contributed by atoms with E-state index in [9.17, 15) is 24.8 Å². The zero-order valence-electron chi connectivity index (χ0n) is 21.3. The zero-order valence-corrected chi connectivity index (χ0v) is 21.3. The van der Waals surface area contributed by atoms with Gasteiger partial charge in [-0.3, -0.25) is 14.9 Å². The summed E-state index contributed by atoms with van der Waals surface area (Å²) in [5.74, 6) is -0.777. The standard InChI is InChI=1S/C29H26N4O6/c1-2-29(36)22-14-24-26-19(15-32(24)27(34)21(22)16-39-28(29)35)11-18-12-20(33(37)38)13-23(25(18)31-26)30-10-6-9-17-7-4-3-5-8-17/h3-5,7-8,11-14,30,36H,2,6,9-10,15-16H2,1H3/t29-/m0/s1. The number of benzene rings is 2. The van der Waals surface area contributed by atoms with E-state index in [1.165, 1.54) is 17.7 Å². The van der Waals surface area contributed by atoms with E-state index in [1.54, 1.807) is 17.6 Å². The van der Waals surface area contributed by atoms with Gasteiger partial charge in [-0.2, -0.15) is 0 Å². The second-order valence-corrected chi connectivity index (χ2v) is 9.94. The van der Waals surface area contributed by atoms with Gasteiger partial charge in [0.1, 0.15) is 6.61 Å². The number of non-ortho nitro benzene ring substituents is 1. The fourth-order valence-electron chi connectivity index (χ4n) is 5.48. The molecule has 2 aliphatic heterocycles. The van der Waals surface area contributed by atoms with E-state index in [-0.39, 0.29) is 41.9 Å². The number of anilines is 1. The molecule has 39 heavy (non-hydrogen) atoms. The molecule has 2 aliphatic rings. The first-order chi connectivity index (χ1) is 18.8. The van der Waals surface area contributed by atoms with Crippen LogP contribution in [0, 0.1) is 10.1 Å². The number of esters is 1. The van der Waals surface area contributed by atoms with Crippen LogP contribution in [-0.2, 0) is 34.7 Å². The van der Waals surface area contributed by atoms with Crippen molar-refractivity contribution in [3.8, 4) is 11.4 Å². The number of fused-ring (bicyclic) bond motifs is 5. The van der Waals surface area contributed by atoms with Crippen molar-refractivity contribution in [3.63, 3.8) is 0 Å². The molecule has 2 aromatic heterocycles. The molecular weight excluding hydrogens is 500 g/mol. The van der Waals surface area contributed by atoms with Crippen LogP contribution in [0.5, 0.6) is 0 Å².